The van der Waals surface area contributed by atoms with Crippen LogP contribution in [0.2, 0.25) is 0 Å². The van der Waals surface area contributed by atoms with Crippen LogP contribution in [-0.2, 0) is 16.6 Å². The zero-order chi connectivity index (χ0) is 21.6. The van der Waals surface area contributed by atoms with Crippen LogP contribution in [0.15, 0.2) is 69.7 Å². The largest absolute Gasteiger partial charge is 0.321 e. The first-order valence-electron chi connectivity index (χ1n) is 10.1. The summed E-state index contributed by atoms with van der Waals surface area (Å²) in [6.07, 6.45) is 0.892. The zero-order valence-electron chi connectivity index (χ0n) is 16.6. The summed E-state index contributed by atoms with van der Waals surface area (Å²) in [5, 5.41) is 4.61. The second-order valence-corrected chi connectivity index (χ2v) is 10.9. The summed E-state index contributed by atoms with van der Waals surface area (Å²) in [7, 11) is -3.67. The van der Waals surface area contributed by atoms with Gasteiger partial charge in [0.2, 0.25) is 10.0 Å². The molecule has 7 nitrogen and oxygen atoms in total. The summed E-state index contributed by atoms with van der Waals surface area (Å²) < 4.78 is 29.9. The predicted molar refractivity (Wildman–Crippen MR) is 119 cm³/mol. The van der Waals surface area contributed by atoms with Crippen LogP contribution < -0.4 is 10.9 Å². The average Bonchev–Trinajstić information content (AvgIpc) is 3.30. The number of sulfonamides is 1. The quantitative estimate of drug-likeness (QED) is 0.655. The molecule has 1 N–H and O–H groups in total. The number of pyridine rings is 1. The first-order chi connectivity index (χ1) is 14.9. The van der Waals surface area contributed by atoms with Gasteiger partial charge >= 0.3 is 0 Å². The van der Waals surface area contributed by atoms with Crippen molar-refractivity contribution in [1.29, 1.82) is 0 Å². The van der Waals surface area contributed by atoms with Gasteiger partial charge in [-0.1, -0.05) is 12.1 Å². The highest BCUT2D eigenvalue weighted by Crippen LogP contribution is 2.37. The smallest absolute Gasteiger partial charge is 0.265 e. The molecule has 0 radical (unpaired) electrons. The summed E-state index contributed by atoms with van der Waals surface area (Å²) in [4.78, 5) is 25.2. The number of rotatable bonds is 4. The minimum absolute atomic E-state index is 0.0144. The van der Waals surface area contributed by atoms with E-state index in [0.717, 1.165) is 12.1 Å². The number of hydrogen-bond acceptors (Lipinski definition) is 5. The monoisotopic (exact) mass is 455 g/mol. The summed E-state index contributed by atoms with van der Waals surface area (Å²) in [6.45, 7) is 1.31. The first kappa shape index (κ1) is 20.2. The van der Waals surface area contributed by atoms with E-state index < -0.39 is 10.0 Å². The molecular weight excluding hydrogens is 434 g/mol. The van der Waals surface area contributed by atoms with Gasteiger partial charge in [-0.2, -0.15) is 4.31 Å². The van der Waals surface area contributed by atoms with Crippen LogP contribution in [0.4, 0.5) is 5.69 Å². The number of hydrogen-bond donors (Lipinski definition) is 1. The van der Waals surface area contributed by atoms with Crippen molar-refractivity contribution in [3.8, 4) is 0 Å². The SMILES string of the molecule is O=C(Nc1ccc(S(=O)(=O)N2C[C@H]3C[C@H](C2)c2cccc(=O)n2C3)cc1)c1cccs1. The molecule has 160 valence electrons. The Balaban J connectivity index is 1.35. The van der Waals surface area contributed by atoms with E-state index in [-0.39, 0.29) is 28.2 Å². The lowest BCUT2D eigenvalue weighted by Crippen LogP contribution is -2.48. The van der Waals surface area contributed by atoms with Crippen LogP contribution in [0.5, 0.6) is 0 Å². The second-order valence-electron chi connectivity index (χ2n) is 7.98. The van der Waals surface area contributed by atoms with Crippen molar-refractivity contribution in [3.05, 3.63) is 80.9 Å². The predicted octanol–water partition coefficient (Wildman–Crippen LogP) is 2.97. The molecule has 1 amide bonds. The van der Waals surface area contributed by atoms with Crippen LogP contribution in [0.25, 0.3) is 0 Å². The number of nitrogens with one attached hydrogen (secondary N) is 1. The number of benzene rings is 1. The molecule has 2 aliphatic rings. The van der Waals surface area contributed by atoms with E-state index in [0.29, 0.717) is 30.2 Å². The number of anilines is 1. The maximum Gasteiger partial charge on any atom is 0.265 e. The molecule has 4 heterocycles. The first-order valence-corrected chi connectivity index (χ1v) is 12.4. The Bertz CT molecular complexity index is 1280. The lowest BCUT2D eigenvalue weighted by Gasteiger charge is -2.42. The number of amides is 1. The van der Waals surface area contributed by atoms with Gasteiger partial charge < -0.3 is 9.88 Å². The number of aromatic nitrogens is 1. The fourth-order valence-electron chi connectivity index (χ4n) is 4.51. The highest BCUT2D eigenvalue weighted by atomic mass is 32.2. The van der Waals surface area contributed by atoms with Crippen LogP contribution in [0, 0.1) is 5.92 Å². The molecule has 3 aromatic rings. The number of carbonyl (C=O) groups excluding carboxylic acids is 1. The molecule has 9 heteroatoms. The van der Waals surface area contributed by atoms with E-state index in [1.54, 1.807) is 41.0 Å². The fraction of sp³-hybridized carbons (Fsp3) is 0.273. The van der Waals surface area contributed by atoms with Crippen LogP contribution in [-0.4, -0.2) is 36.3 Å². The van der Waals surface area contributed by atoms with Gasteiger partial charge in [0, 0.05) is 43.0 Å². The molecule has 2 bridgehead atoms. The van der Waals surface area contributed by atoms with Crippen molar-refractivity contribution in [1.82, 2.24) is 8.87 Å². The van der Waals surface area contributed by atoms with E-state index >= 15 is 0 Å². The van der Waals surface area contributed by atoms with Crippen LogP contribution >= 0.6 is 11.3 Å². The third-order valence-corrected chi connectivity index (χ3v) is 8.66. The summed E-state index contributed by atoms with van der Waals surface area (Å²) in [5.41, 5.74) is 1.43. The highest BCUT2D eigenvalue weighted by molar-refractivity contribution is 7.89. The molecular formula is C22H21N3O4S2. The molecule has 5 rings (SSSR count). The van der Waals surface area contributed by atoms with Crippen LogP contribution in [0.3, 0.4) is 0 Å². The minimum atomic E-state index is -3.67. The van der Waals surface area contributed by atoms with Gasteiger partial charge in [0.05, 0.1) is 9.77 Å². The minimum Gasteiger partial charge on any atom is -0.321 e. The van der Waals surface area contributed by atoms with Gasteiger partial charge in [0.1, 0.15) is 0 Å². The van der Waals surface area contributed by atoms with Crippen molar-refractivity contribution in [2.45, 2.75) is 23.8 Å². The molecule has 0 spiro atoms. The Morgan fingerprint density at radius 1 is 1.00 bits per heavy atom. The van der Waals surface area contributed by atoms with Crippen molar-refractivity contribution in [2.75, 3.05) is 18.4 Å². The average molecular weight is 456 g/mol. The lowest BCUT2D eigenvalue weighted by molar-refractivity contribution is 0.103. The molecule has 2 aromatic heterocycles. The normalized spacial score (nSPS) is 20.8. The lowest BCUT2D eigenvalue weighted by atomic mass is 9.84. The van der Waals surface area contributed by atoms with Crippen molar-refractivity contribution >= 4 is 33.0 Å². The Kier molecular flexibility index (Phi) is 5.04. The van der Waals surface area contributed by atoms with Crippen molar-refractivity contribution < 1.29 is 13.2 Å². The molecule has 2 atom stereocenters. The molecule has 1 fully saturated rings. The number of nitrogens with zero attached hydrogens (tertiary/aromatic N) is 2. The maximum atomic E-state index is 13.3. The fourth-order valence-corrected chi connectivity index (χ4v) is 6.69. The topological polar surface area (TPSA) is 88.5 Å². The Labute approximate surface area is 184 Å². The molecule has 0 saturated carbocycles. The van der Waals surface area contributed by atoms with Gasteiger partial charge in [-0.15, -0.1) is 11.3 Å². The van der Waals surface area contributed by atoms with Crippen molar-refractivity contribution in [2.24, 2.45) is 5.92 Å². The van der Waals surface area contributed by atoms with Gasteiger partial charge in [-0.3, -0.25) is 9.59 Å². The number of carbonyl (C=O) groups is 1. The van der Waals surface area contributed by atoms with Crippen LogP contribution in [0.1, 0.15) is 27.7 Å². The van der Waals surface area contributed by atoms with Gasteiger partial charge in [0.25, 0.3) is 11.5 Å². The molecule has 31 heavy (non-hydrogen) atoms. The Morgan fingerprint density at radius 2 is 1.81 bits per heavy atom. The van der Waals surface area contributed by atoms with Gasteiger partial charge in [-0.05, 0) is 54.1 Å². The van der Waals surface area contributed by atoms with Gasteiger partial charge in [0.15, 0.2) is 0 Å². The molecule has 0 unspecified atom stereocenters. The van der Waals surface area contributed by atoms with E-state index in [1.165, 1.54) is 27.8 Å². The van der Waals surface area contributed by atoms with Crippen molar-refractivity contribution in [3.63, 3.8) is 0 Å². The second kappa shape index (κ2) is 7.74. The van der Waals surface area contributed by atoms with E-state index in [9.17, 15) is 18.0 Å². The van der Waals surface area contributed by atoms with E-state index in [1.807, 2.05) is 11.4 Å². The number of piperidine rings is 1. The van der Waals surface area contributed by atoms with Gasteiger partial charge in [-0.25, -0.2) is 8.42 Å². The molecule has 1 aromatic carbocycles. The Hall–Kier alpha value is -2.75. The molecule has 1 saturated heterocycles. The highest BCUT2D eigenvalue weighted by Gasteiger charge is 2.39. The standard InChI is InChI=1S/C22H21N3O4S2/c26-21-5-1-3-19-16-11-15(13-25(19)21)12-24(14-16)31(28,29)18-8-6-17(7-9-18)23-22(27)20-4-2-10-30-20/h1-10,15-16H,11-14H2,(H,23,27)/t15-,16-/m1/s1. The number of fused-ring (bicyclic) bond motifs is 4. The molecule has 2 aliphatic heterocycles. The third-order valence-electron chi connectivity index (χ3n) is 5.94. The van der Waals surface area contributed by atoms with E-state index in [4.69, 9.17) is 0 Å². The maximum absolute atomic E-state index is 13.3. The Morgan fingerprint density at radius 3 is 2.55 bits per heavy atom. The summed E-state index contributed by atoms with van der Waals surface area (Å²) >= 11 is 1.34. The number of thiophene rings is 1. The summed E-state index contributed by atoms with van der Waals surface area (Å²) in [6, 6.07) is 15.0. The molecule has 0 aliphatic carbocycles. The third kappa shape index (κ3) is 3.73. The van der Waals surface area contributed by atoms with E-state index in [2.05, 4.69) is 5.32 Å². The zero-order valence-corrected chi connectivity index (χ0v) is 18.2. The summed E-state index contributed by atoms with van der Waals surface area (Å²) in [5.74, 6) is -0.0885.